The molecule has 0 radical (unpaired) electrons. The van der Waals surface area contributed by atoms with Crippen LogP contribution >= 0.6 is 0 Å². The normalized spacial score (nSPS) is 20.1. The fraction of sp³-hybridized carbons (Fsp3) is 0.238. The molecule has 1 fully saturated rings. The zero-order chi connectivity index (χ0) is 17.9. The van der Waals surface area contributed by atoms with E-state index in [1.54, 1.807) is 18.2 Å². The van der Waals surface area contributed by atoms with E-state index in [4.69, 9.17) is 0 Å². The van der Waals surface area contributed by atoms with Gasteiger partial charge in [-0.15, -0.1) is 0 Å². The molecule has 1 amide bonds. The first-order valence-electron chi connectivity index (χ1n) is 8.82. The minimum atomic E-state index is -0.377. The van der Waals surface area contributed by atoms with Crippen molar-refractivity contribution < 1.29 is 9.18 Å². The van der Waals surface area contributed by atoms with Crippen LogP contribution < -0.4 is 10.6 Å². The number of nitrogens with zero attached hydrogens (tertiary/aromatic N) is 1. The van der Waals surface area contributed by atoms with Crippen molar-refractivity contribution in [2.45, 2.75) is 31.5 Å². The topological polar surface area (TPSA) is 54.0 Å². The number of rotatable bonds is 4. The maximum Gasteiger partial charge on any atom is 0.220 e. The lowest BCUT2D eigenvalue weighted by molar-refractivity contribution is -0.123. The third-order valence-corrected chi connectivity index (χ3v) is 4.84. The summed E-state index contributed by atoms with van der Waals surface area (Å²) in [6.45, 7) is 0.566. The molecule has 2 heterocycles. The summed E-state index contributed by atoms with van der Waals surface area (Å²) in [4.78, 5) is 16.5. The van der Waals surface area contributed by atoms with E-state index in [2.05, 4.69) is 21.7 Å². The van der Waals surface area contributed by atoms with Gasteiger partial charge in [0.05, 0.1) is 17.3 Å². The van der Waals surface area contributed by atoms with Crippen molar-refractivity contribution in [2.24, 2.45) is 0 Å². The van der Waals surface area contributed by atoms with E-state index >= 15 is 0 Å². The van der Waals surface area contributed by atoms with E-state index < -0.39 is 0 Å². The zero-order valence-electron chi connectivity index (χ0n) is 14.3. The number of hydrogen-bond donors (Lipinski definition) is 2. The lowest BCUT2D eigenvalue weighted by Crippen LogP contribution is -2.48. The quantitative estimate of drug-likeness (QED) is 0.758. The molecule has 2 atom stereocenters. The van der Waals surface area contributed by atoms with Gasteiger partial charge in [-0.1, -0.05) is 42.5 Å². The second-order valence-corrected chi connectivity index (χ2v) is 6.59. The fourth-order valence-corrected chi connectivity index (χ4v) is 3.48. The van der Waals surface area contributed by atoms with Gasteiger partial charge in [0.2, 0.25) is 5.91 Å². The lowest BCUT2D eigenvalue weighted by Gasteiger charge is -2.33. The first kappa shape index (κ1) is 16.7. The van der Waals surface area contributed by atoms with Crippen molar-refractivity contribution in [1.82, 2.24) is 15.6 Å². The molecule has 0 aliphatic carbocycles. The second kappa shape index (κ2) is 7.22. The third-order valence-electron chi connectivity index (χ3n) is 4.84. The molecule has 0 unspecified atom stereocenters. The van der Waals surface area contributed by atoms with Gasteiger partial charge in [0.1, 0.15) is 5.82 Å². The molecule has 5 heteroatoms. The van der Waals surface area contributed by atoms with Crippen molar-refractivity contribution in [3.63, 3.8) is 0 Å². The monoisotopic (exact) mass is 349 g/mol. The molecule has 132 valence electrons. The SMILES string of the molecule is O=C1CC[C@@H](NCc2ccc3ccccc3n2)[C@H](c2ccccc2F)N1. The Bertz CT molecular complexity index is 943. The van der Waals surface area contributed by atoms with Crippen molar-refractivity contribution in [2.75, 3.05) is 0 Å². The van der Waals surface area contributed by atoms with Gasteiger partial charge >= 0.3 is 0 Å². The van der Waals surface area contributed by atoms with E-state index in [1.165, 1.54) is 6.07 Å². The molecule has 1 aliphatic heterocycles. The highest BCUT2D eigenvalue weighted by atomic mass is 19.1. The number of piperidine rings is 1. The van der Waals surface area contributed by atoms with Crippen molar-refractivity contribution in [3.05, 3.63) is 77.7 Å². The Morgan fingerprint density at radius 3 is 2.77 bits per heavy atom. The van der Waals surface area contributed by atoms with Gasteiger partial charge < -0.3 is 10.6 Å². The van der Waals surface area contributed by atoms with Crippen LogP contribution in [0.1, 0.15) is 30.1 Å². The first-order valence-corrected chi connectivity index (χ1v) is 8.82. The number of carbonyl (C=O) groups is 1. The summed E-state index contributed by atoms with van der Waals surface area (Å²) in [5, 5.41) is 7.48. The van der Waals surface area contributed by atoms with Crippen molar-refractivity contribution in [3.8, 4) is 0 Å². The van der Waals surface area contributed by atoms with Crippen LogP contribution in [-0.2, 0) is 11.3 Å². The number of amides is 1. The highest BCUT2D eigenvalue weighted by molar-refractivity contribution is 5.78. The Hall–Kier alpha value is -2.79. The van der Waals surface area contributed by atoms with E-state index in [-0.39, 0.29) is 23.8 Å². The summed E-state index contributed by atoms with van der Waals surface area (Å²) in [6, 6.07) is 18.2. The number of nitrogens with one attached hydrogen (secondary N) is 2. The fourth-order valence-electron chi connectivity index (χ4n) is 3.48. The molecular formula is C21H20FN3O. The van der Waals surface area contributed by atoms with Crippen LogP contribution in [0.4, 0.5) is 4.39 Å². The molecule has 4 nitrogen and oxygen atoms in total. The van der Waals surface area contributed by atoms with Crippen LogP contribution in [0.3, 0.4) is 0 Å². The van der Waals surface area contributed by atoms with Gasteiger partial charge in [0, 0.05) is 30.0 Å². The average molecular weight is 349 g/mol. The smallest absolute Gasteiger partial charge is 0.220 e. The van der Waals surface area contributed by atoms with Crippen LogP contribution in [0.15, 0.2) is 60.7 Å². The molecule has 0 bridgehead atoms. The predicted molar refractivity (Wildman–Crippen MR) is 98.9 cm³/mol. The molecule has 4 rings (SSSR count). The summed E-state index contributed by atoms with van der Waals surface area (Å²) in [7, 11) is 0. The molecule has 1 saturated heterocycles. The molecule has 1 aliphatic rings. The molecule has 0 saturated carbocycles. The van der Waals surface area contributed by atoms with E-state index in [0.29, 0.717) is 24.9 Å². The molecule has 2 aromatic carbocycles. The summed E-state index contributed by atoms with van der Waals surface area (Å²) in [6.07, 6.45) is 1.10. The minimum Gasteiger partial charge on any atom is -0.348 e. The lowest BCUT2D eigenvalue weighted by atomic mass is 9.91. The maximum atomic E-state index is 14.2. The average Bonchev–Trinajstić information content (AvgIpc) is 2.67. The predicted octanol–water partition coefficient (Wildman–Crippen LogP) is 3.48. The zero-order valence-corrected chi connectivity index (χ0v) is 14.3. The number of pyridine rings is 1. The molecular weight excluding hydrogens is 329 g/mol. The number of aromatic nitrogens is 1. The standard InChI is InChI=1S/C21H20FN3O/c22-17-7-3-2-6-16(17)21-19(11-12-20(26)25-21)23-13-15-10-9-14-5-1-4-8-18(14)24-15/h1-10,19,21,23H,11-13H2,(H,25,26)/t19-,21+/m1/s1. The maximum absolute atomic E-state index is 14.2. The number of carbonyl (C=O) groups excluding carboxylic acids is 1. The molecule has 3 aromatic rings. The molecule has 26 heavy (non-hydrogen) atoms. The first-order chi connectivity index (χ1) is 12.7. The van der Waals surface area contributed by atoms with Crippen LogP contribution in [0, 0.1) is 5.82 Å². The van der Waals surface area contributed by atoms with Crippen LogP contribution in [0.2, 0.25) is 0 Å². The number of fused-ring (bicyclic) bond motifs is 1. The van der Waals surface area contributed by atoms with Gasteiger partial charge in [0.25, 0.3) is 0 Å². The van der Waals surface area contributed by atoms with Gasteiger partial charge in [-0.25, -0.2) is 4.39 Å². The summed E-state index contributed by atoms with van der Waals surface area (Å²) >= 11 is 0. The highest BCUT2D eigenvalue weighted by Gasteiger charge is 2.31. The summed E-state index contributed by atoms with van der Waals surface area (Å²) < 4.78 is 14.2. The van der Waals surface area contributed by atoms with Gasteiger partial charge in [-0.2, -0.15) is 0 Å². The third kappa shape index (κ3) is 3.44. The summed E-state index contributed by atoms with van der Waals surface area (Å²) in [5.41, 5.74) is 2.40. The van der Waals surface area contributed by atoms with E-state index in [1.807, 2.05) is 30.3 Å². The largest absolute Gasteiger partial charge is 0.348 e. The molecule has 0 spiro atoms. The Morgan fingerprint density at radius 1 is 1.08 bits per heavy atom. The Morgan fingerprint density at radius 2 is 1.88 bits per heavy atom. The van der Waals surface area contributed by atoms with Crippen LogP contribution in [0.5, 0.6) is 0 Å². The highest BCUT2D eigenvalue weighted by Crippen LogP contribution is 2.26. The van der Waals surface area contributed by atoms with Crippen molar-refractivity contribution >= 4 is 16.8 Å². The number of para-hydroxylation sites is 1. The van der Waals surface area contributed by atoms with Gasteiger partial charge in [-0.3, -0.25) is 9.78 Å². The number of hydrogen-bond acceptors (Lipinski definition) is 3. The Kier molecular flexibility index (Phi) is 4.63. The van der Waals surface area contributed by atoms with Crippen LogP contribution in [-0.4, -0.2) is 16.9 Å². The number of halogens is 1. The van der Waals surface area contributed by atoms with E-state index in [9.17, 15) is 9.18 Å². The molecule has 2 N–H and O–H groups in total. The Balaban J connectivity index is 1.53. The van der Waals surface area contributed by atoms with Gasteiger partial charge in [0.15, 0.2) is 0 Å². The summed E-state index contributed by atoms with van der Waals surface area (Å²) in [5.74, 6) is -0.338. The molecule has 1 aromatic heterocycles. The number of benzene rings is 2. The Labute approximate surface area is 151 Å². The second-order valence-electron chi connectivity index (χ2n) is 6.59. The van der Waals surface area contributed by atoms with Gasteiger partial charge in [-0.05, 0) is 24.6 Å². The van der Waals surface area contributed by atoms with E-state index in [0.717, 1.165) is 16.6 Å². The van der Waals surface area contributed by atoms with Crippen molar-refractivity contribution in [1.29, 1.82) is 0 Å². The minimum absolute atomic E-state index is 0.0415. The van der Waals surface area contributed by atoms with Crippen LogP contribution in [0.25, 0.3) is 10.9 Å².